The van der Waals surface area contributed by atoms with E-state index in [2.05, 4.69) is 6.20 Å². The highest BCUT2D eigenvalue weighted by Gasteiger charge is 2.23. The van der Waals surface area contributed by atoms with Crippen molar-refractivity contribution in [2.24, 2.45) is 7.05 Å². The van der Waals surface area contributed by atoms with Gasteiger partial charge in [-0.15, -0.1) is 0 Å². The molecule has 1 aliphatic rings. The lowest BCUT2D eigenvalue weighted by Crippen LogP contribution is -2.17. The van der Waals surface area contributed by atoms with Crippen LogP contribution in [0.25, 0.3) is 10.9 Å². The summed E-state index contributed by atoms with van der Waals surface area (Å²) >= 11 is 0. The van der Waals surface area contributed by atoms with E-state index in [-0.39, 0.29) is 29.0 Å². The zero-order valence-electron chi connectivity index (χ0n) is 23.7. The molecule has 41 heavy (non-hydrogen) atoms. The predicted molar refractivity (Wildman–Crippen MR) is 158 cm³/mol. The molecular formula is C33H35NO6S. The summed E-state index contributed by atoms with van der Waals surface area (Å²) in [7, 11) is -0.268. The Bertz CT molecular complexity index is 1710. The van der Waals surface area contributed by atoms with Crippen molar-refractivity contribution in [1.29, 1.82) is 0 Å². The van der Waals surface area contributed by atoms with E-state index in [0.717, 1.165) is 53.3 Å². The smallest absolute Gasteiger partial charge is 0.310 e. The molecule has 0 unspecified atom stereocenters. The molecule has 0 atom stereocenters. The number of ketones is 1. The molecule has 0 spiro atoms. The average molecular weight is 574 g/mol. The van der Waals surface area contributed by atoms with E-state index in [0.29, 0.717) is 17.7 Å². The highest BCUT2D eigenvalue weighted by molar-refractivity contribution is 7.92. The van der Waals surface area contributed by atoms with Crippen molar-refractivity contribution in [1.82, 2.24) is 4.57 Å². The van der Waals surface area contributed by atoms with Gasteiger partial charge in [0.05, 0.1) is 18.4 Å². The molecule has 1 aromatic heterocycles. The van der Waals surface area contributed by atoms with Crippen LogP contribution in [0, 0.1) is 6.92 Å². The average Bonchev–Trinajstić information content (AvgIpc) is 3.56. The van der Waals surface area contributed by atoms with Crippen molar-refractivity contribution < 1.29 is 27.5 Å². The van der Waals surface area contributed by atoms with Gasteiger partial charge in [-0.05, 0) is 79.1 Å². The molecule has 7 nitrogen and oxygen atoms in total. The molecular weight excluding hydrogens is 538 g/mol. The first-order chi connectivity index (χ1) is 19.6. The van der Waals surface area contributed by atoms with Gasteiger partial charge in [0.15, 0.2) is 15.6 Å². The summed E-state index contributed by atoms with van der Waals surface area (Å²) in [5, 5.41) is 1.03. The maximum atomic E-state index is 13.0. The number of carbonyl (C=O) groups is 2. The molecule has 4 aromatic rings. The summed E-state index contributed by atoms with van der Waals surface area (Å²) in [5.74, 6) is -0.787. The third-order valence-electron chi connectivity index (χ3n) is 7.82. The molecule has 1 heterocycles. The number of hydrogen-bond donors (Lipinski definition) is 0. The minimum atomic E-state index is -3.78. The summed E-state index contributed by atoms with van der Waals surface area (Å²) in [6.45, 7) is 1.72. The molecule has 0 saturated heterocycles. The zero-order valence-corrected chi connectivity index (χ0v) is 24.5. The van der Waals surface area contributed by atoms with E-state index in [1.165, 1.54) is 13.2 Å². The lowest BCUT2D eigenvalue weighted by Gasteiger charge is -2.12. The van der Waals surface area contributed by atoms with Gasteiger partial charge < -0.3 is 14.0 Å². The SMILES string of the molecule is COc1cc(C(=O)CS(=O)(=O)c2ccccc2C)ccc1Cc1cn(C)c2ccc(CC(=O)OC3CCCC3)cc12. The predicted octanol–water partition coefficient (Wildman–Crippen LogP) is 5.77. The molecule has 1 aliphatic carbocycles. The molecule has 0 aliphatic heterocycles. The van der Waals surface area contributed by atoms with Crippen LogP contribution in [0.3, 0.4) is 0 Å². The van der Waals surface area contributed by atoms with Crippen LogP contribution in [0.2, 0.25) is 0 Å². The van der Waals surface area contributed by atoms with Gasteiger partial charge in [-0.3, -0.25) is 9.59 Å². The minimum absolute atomic E-state index is 0.0448. The van der Waals surface area contributed by atoms with Crippen LogP contribution in [0.15, 0.2) is 71.8 Å². The van der Waals surface area contributed by atoms with E-state index in [4.69, 9.17) is 9.47 Å². The minimum Gasteiger partial charge on any atom is -0.496 e. The Balaban J connectivity index is 1.35. The van der Waals surface area contributed by atoms with Gasteiger partial charge in [-0.2, -0.15) is 0 Å². The largest absolute Gasteiger partial charge is 0.496 e. The first kappa shape index (κ1) is 28.6. The Morgan fingerprint density at radius 2 is 1.73 bits per heavy atom. The number of nitrogens with zero attached hydrogens (tertiary/aromatic N) is 1. The first-order valence-electron chi connectivity index (χ1n) is 13.9. The Morgan fingerprint density at radius 1 is 0.976 bits per heavy atom. The van der Waals surface area contributed by atoms with E-state index >= 15 is 0 Å². The number of fused-ring (bicyclic) bond motifs is 1. The summed E-state index contributed by atoms with van der Waals surface area (Å²) < 4.78 is 39.2. The molecule has 214 valence electrons. The fraction of sp³-hybridized carbons (Fsp3) is 0.333. The first-order valence-corrected chi connectivity index (χ1v) is 15.5. The number of hydrogen-bond acceptors (Lipinski definition) is 6. The molecule has 0 radical (unpaired) electrons. The lowest BCUT2D eigenvalue weighted by atomic mass is 9.99. The van der Waals surface area contributed by atoms with Crippen LogP contribution >= 0.6 is 0 Å². The van der Waals surface area contributed by atoms with Gasteiger partial charge in [-0.25, -0.2) is 8.42 Å². The van der Waals surface area contributed by atoms with Crippen LogP contribution in [0.5, 0.6) is 5.75 Å². The van der Waals surface area contributed by atoms with E-state index < -0.39 is 21.4 Å². The van der Waals surface area contributed by atoms with Crippen molar-refractivity contribution >= 4 is 32.5 Å². The Labute approximate surface area is 241 Å². The van der Waals surface area contributed by atoms with E-state index in [1.54, 1.807) is 37.3 Å². The summed E-state index contributed by atoms with van der Waals surface area (Å²) in [4.78, 5) is 25.7. The van der Waals surface area contributed by atoms with Gasteiger partial charge in [0.1, 0.15) is 17.6 Å². The van der Waals surface area contributed by atoms with Gasteiger partial charge in [-0.1, -0.05) is 36.4 Å². The van der Waals surface area contributed by atoms with E-state index in [1.807, 2.05) is 35.9 Å². The van der Waals surface area contributed by atoms with Gasteiger partial charge in [0, 0.05) is 36.1 Å². The number of benzene rings is 3. The van der Waals surface area contributed by atoms with Gasteiger partial charge >= 0.3 is 5.97 Å². The zero-order chi connectivity index (χ0) is 29.1. The summed E-state index contributed by atoms with van der Waals surface area (Å²) in [6, 6.07) is 17.8. The van der Waals surface area contributed by atoms with Gasteiger partial charge in [0.25, 0.3) is 0 Å². The molecule has 3 aromatic carbocycles. The van der Waals surface area contributed by atoms with Gasteiger partial charge in [0.2, 0.25) is 0 Å². The molecule has 8 heteroatoms. The van der Waals surface area contributed by atoms with Crippen LogP contribution < -0.4 is 4.74 Å². The van der Waals surface area contributed by atoms with Crippen molar-refractivity contribution in [2.45, 2.75) is 56.4 Å². The molecule has 0 bridgehead atoms. The van der Waals surface area contributed by atoms with Crippen molar-refractivity contribution in [3.8, 4) is 5.75 Å². The highest BCUT2D eigenvalue weighted by Crippen LogP contribution is 2.30. The summed E-state index contributed by atoms with van der Waals surface area (Å²) in [6.07, 6.45) is 6.98. The quantitative estimate of drug-likeness (QED) is 0.177. The lowest BCUT2D eigenvalue weighted by molar-refractivity contribution is -0.147. The monoisotopic (exact) mass is 573 g/mol. The second kappa shape index (κ2) is 11.9. The normalized spacial score (nSPS) is 13.9. The number of aromatic nitrogens is 1. The third kappa shape index (κ3) is 6.38. The van der Waals surface area contributed by atoms with Crippen LogP contribution in [-0.2, 0) is 39.3 Å². The fourth-order valence-electron chi connectivity index (χ4n) is 5.68. The maximum absolute atomic E-state index is 13.0. The highest BCUT2D eigenvalue weighted by atomic mass is 32.2. The van der Waals surface area contributed by atoms with Crippen molar-refractivity contribution in [2.75, 3.05) is 12.9 Å². The fourth-order valence-corrected chi connectivity index (χ4v) is 7.19. The second-order valence-corrected chi connectivity index (χ2v) is 12.8. The van der Waals surface area contributed by atoms with Crippen LogP contribution in [0.4, 0.5) is 0 Å². The van der Waals surface area contributed by atoms with Crippen molar-refractivity contribution in [3.05, 3.63) is 94.7 Å². The van der Waals surface area contributed by atoms with Crippen LogP contribution in [-0.4, -0.2) is 43.7 Å². The number of Topliss-reactive ketones (excluding diaryl/α,β-unsaturated/α-hetero) is 1. The number of sulfone groups is 1. The standard InChI is InChI=1S/C33H35NO6S/c1-22-8-4-7-11-32(22)41(37,38)21-30(35)24-13-14-25(31(19-24)39-3)18-26-20-34(2)29-15-12-23(16-28(26)29)17-33(36)40-27-9-5-6-10-27/h4,7-8,11-16,19-20,27H,5-6,9-10,17-18,21H2,1-3H3. The molecule has 1 fully saturated rings. The number of ether oxygens (including phenoxy) is 2. The number of esters is 1. The number of methoxy groups -OCH3 is 1. The molecule has 5 rings (SSSR count). The topological polar surface area (TPSA) is 91.7 Å². The molecule has 0 N–H and O–H groups in total. The Hall–Kier alpha value is -3.91. The van der Waals surface area contributed by atoms with Crippen molar-refractivity contribution in [3.63, 3.8) is 0 Å². The molecule has 1 saturated carbocycles. The maximum Gasteiger partial charge on any atom is 0.310 e. The number of aryl methyl sites for hydroxylation is 2. The Morgan fingerprint density at radius 3 is 2.46 bits per heavy atom. The number of rotatable bonds is 10. The second-order valence-electron chi connectivity index (χ2n) is 10.8. The Kier molecular flexibility index (Phi) is 8.31. The number of carbonyl (C=O) groups excluding carboxylic acids is 2. The van der Waals surface area contributed by atoms with Crippen LogP contribution in [0.1, 0.15) is 58.3 Å². The molecule has 0 amide bonds. The third-order valence-corrected chi connectivity index (χ3v) is 9.60. The summed E-state index contributed by atoms with van der Waals surface area (Å²) in [5.41, 5.74) is 4.74. The van der Waals surface area contributed by atoms with E-state index in [9.17, 15) is 18.0 Å².